The molecule has 8 heteroatoms. The second-order valence-corrected chi connectivity index (χ2v) is 5.96. The van der Waals surface area contributed by atoms with Gasteiger partial charge in [0.15, 0.2) is 17.5 Å². The highest BCUT2D eigenvalue weighted by Gasteiger charge is 2.06. The first kappa shape index (κ1) is 23.1. The van der Waals surface area contributed by atoms with Gasteiger partial charge in [-0.25, -0.2) is 0 Å². The largest absolute Gasteiger partial charge is 0.493 e. The highest BCUT2D eigenvalue weighted by Crippen LogP contribution is 2.29. The first-order valence-corrected chi connectivity index (χ1v) is 8.85. The van der Waals surface area contributed by atoms with E-state index in [1.807, 2.05) is 36.7 Å². The average Bonchev–Trinajstić information content (AvgIpc) is 2.95. The summed E-state index contributed by atoms with van der Waals surface area (Å²) in [7, 11) is 3.25. The van der Waals surface area contributed by atoms with E-state index < -0.39 is 0 Å². The zero-order chi connectivity index (χ0) is 18.9. The third kappa shape index (κ3) is 6.93. The minimum absolute atomic E-state index is 0. The number of nitrogens with zero attached hydrogens (tertiary/aromatic N) is 3. The summed E-state index contributed by atoms with van der Waals surface area (Å²) >= 11 is 0. The molecule has 1 aromatic carbocycles. The lowest BCUT2D eigenvalue weighted by molar-refractivity contribution is 0.355. The fraction of sp³-hybridized carbons (Fsp3) is 0.474. The molecule has 0 bridgehead atoms. The number of aromatic nitrogens is 2. The minimum atomic E-state index is 0. The van der Waals surface area contributed by atoms with Crippen LogP contribution in [0.2, 0.25) is 0 Å². The molecule has 0 radical (unpaired) electrons. The molecule has 2 N–H and O–H groups in total. The van der Waals surface area contributed by atoms with Crippen LogP contribution in [0, 0.1) is 13.8 Å². The number of hydrogen-bond donors (Lipinski definition) is 2. The predicted octanol–water partition coefficient (Wildman–Crippen LogP) is 3.60. The summed E-state index contributed by atoms with van der Waals surface area (Å²) < 4.78 is 12.6. The molecule has 0 aliphatic rings. The number of halogens is 1. The van der Waals surface area contributed by atoms with E-state index >= 15 is 0 Å². The number of nitrogens with one attached hydrogen (secondary N) is 2. The first-order valence-electron chi connectivity index (χ1n) is 8.85. The van der Waals surface area contributed by atoms with Crippen molar-refractivity contribution in [1.82, 2.24) is 15.1 Å². The van der Waals surface area contributed by atoms with Crippen LogP contribution in [-0.2, 0) is 6.54 Å². The molecule has 2 rings (SSSR count). The van der Waals surface area contributed by atoms with Gasteiger partial charge in [0.1, 0.15) is 0 Å². The Morgan fingerprint density at radius 3 is 2.48 bits per heavy atom. The molecule has 1 heterocycles. The molecule has 1 aromatic heterocycles. The Morgan fingerprint density at radius 2 is 1.89 bits per heavy atom. The first-order chi connectivity index (χ1) is 12.6. The molecule has 0 unspecified atom stereocenters. The maximum Gasteiger partial charge on any atom is 0.195 e. The van der Waals surface area contributed by atoms with Gasteiger partial charge >= 0.3 is 0 Å². The molecule has 2 aromatic rings. The number of rotatable bonds is 8. The van der Waals surface area contributed by atoms with E-state index in [4.69, 9.17) is 9.47 Å². The average molecular weight is 487 g/mol. The summed E-state index contributed by atoms with van der Waals surface area (Å²) in [5.41, 5.74) is 3.12. The molecule has 0 aliphatic heterocycles. The van der Waals surface area contributed by atoms with Crippen molar-refractivity contribution >= 4 is 35.6 Å². The SMILES string of the molecule is CCNC(=NCCCn1nc(C)cc1C)Nc1ccc(OC)c(OC)c1.I. The molecule has 150 valence electrons. The Kier molecular flexibility index (Phi) is 9.98. The normalized spacial score (nSPS) is 10.9. The molecule has 0 saturated carbocycles. The molecule has 0 saturated heterocycles. The smallest absolute Gasteiger partial charge is 0.195 e. The summed E-state index contributed by atoms with van der Waals surface area (Å²) in [5.74, 6) is 2.12. The summed E-state index contributed by atoms with van der Waals surface area (Å²) in [6.45, 7) is 8.49. The van der Waals surface area contributed by atoms with Crippen molar-refractivity contribution in [3.63, 3.8) is 0 Å². The van der Waals surface area contributed by atoms with Crippen LogP contribution in [0.3, 0.4) is 0 Å². The Bertz CT molecular complexity index is 746. The zero-order valence-electron chi connectivity index (χ0n) is 16.7. The number of methoxy groups -OCH3 is 2. The second kappa shape index (κ2) is 11.7. The third-order valence-corrected chi connectivity index (χ3v) is 3.89. The van der Waals surface area contributed by atoms with E-state index in [1.54, 1.807) is 14.2 Å². The van der Waals surface area contributed by atoms with Gasteiger partial charge in [-0.3, -0.25) is 9.67 Å². The molecule has 0 atom stereocenters. The van der Waals surface area contributed by atoms with E-state index in [-0.39, 0.29) is 24.0 Å². The molecule has 0 aliphatic carbocycles. The third-order valence-electron chi connectivity index (χ3n) is 3.89. The Balaban J connectivity index is 0.00000364. The summed E-state index contributed by atoms with van der Waals surface area (Å²) in [6.07, 6.45) is 0.921. The van der Waals surface area contributed by atoms with Gasteiger partial charge < -0.3 is 20.1 Å². The van der Waals surface area contributed by atoms with Gasteiger partial charge in [0.25, 0.3) is 0 Å². The maximum atomic E-state index is 5.34. The van der Waals surface area contributed by atoms with Crippen LogP contribution in [0.25, 0.3) is 0 Å². The molecule has 0 amide bonds. The van der Waals surface area contributed by atoms with Gasteiger partial charge in [-0.15, -0.1) is 24.0 Å². The fourth-order valence-electron chi connectivity index (χ4n) is 2.67. The Labute approximate surface area is 178 Å². The van der Waals surface area contributed by atoms with E-state index in [0.29, 0.717) is 18.0 Å². The number of hydrogen-bond acceptors (Lipinski definition) is 4. The lowest BCUT2D eigenvalue weighted by Crippen LogP contribution is -2.30. The Hall–Kier alpha value is -1.97. The van der Waals surface area contributed by atoms with Gasteiger partial charge in [0.2, 0.25) is 0 Å². The Morgan fingerprint density at radius 1 is 1.15 bits per heavy atom. The predicted molar refractivity (Wildman–Crippen MR) is 121 cm³/mol. The highest BCUT2D eigenvalue weighted by molar-refractivity contribution is 14.0. The number of aliphatic imine (C=N–C) groups is 1. The van der Waals surface area contributed by atoms with E-state index in [2.05, 4.69) is 33.7 Å². The molecular weight excluding hydrogens is 457 g/mol. The number of benzene rings is 1. The molecule has 7 nitrogen and oxygen atoms in total. The molecule has 0 spiro atoms. The van der Waals surface area contributed by atoms with Crippen LogP contribution < -0.4 is 20.1 Å². The summed E-state index contributed by atoms with van der Waals surface area (Å²) in [6, 6.07) is 7.78. The fourth-order valence-corrected chi connectivity index (χ4v) is 2.67. The van der Waals surface area contributed by atoms with Crippen molar-refractivity contribution in [3.8, 4) is 11.5 Å². The van der Waals surface area contributed by atoms with Gasteiger partial charge in [0.05, 0.1) is 19.9 Å². The van der Waals surface area contributed by atoms with E-state index in [1.165, 1.54) is 5.69 Å². The number of anilines is 1. The van der Waals surface area contributed by atoms with Crippen LogP contribution in [0.1, 0.15) is 24.7 Å². The molecule has 27 heavy (non-hydrogen) atoms. The summed E-state index contributed by atoms with van der Waals surface area (Å²) in [5, 5.41) is 11.0. The zero-order valence-corrected chi connectivity index (χ0v) is 19.0. The number of guanidine groups is 1. The van der Waals surface area contributed by atoms with Crippen molar-refractivity contribution < 1.29 is 9.47 Å². The van der Waals surface area contributed by atoms with E-state index in [9.17, 15) is 0 Å². The maximum absolute atomic E-state index is 5.34. The molecule has 0 fully saturated rings. The van der Waals surface area contributed by atoms with Gasteiger partial charge in [-0.2, -0.15) is 5.10 Å². The van der Waals surface area contributed by atoms with Crippen LogP contribution in [0.5, 0.6) is 11.5 Å². The topological polar surface area (TPSA) is 72.7 Å². The lowest BCUT2D eigenvalue weighted by Gasteiger charge is -2.14. The standard InChI is InChI=1S/C19H29N5O2.HI/c1-6-20-19(21-10-7-11-24-15(3)12-14(2)23-24)22-16-8-9-17(25-4)18(13-16)26-5;/h8-9,12-13H,6-7,10-11H2,1-5H3,(H2,20,21,22);1H. The summed E-state index contributed by atoms with van der Waals surface area (Å²) in [4.78, 5) is 4.64. The highest BCUT2D eigenvalue weighted by atomic mass is 127. The van der Waals surface area contributed by atoms with Crippen molar-refractivity contribution in [2.75, 3.05) is 32.6 Å². The minimum Gasteiger partial charge on any atom is -0.493 e. The lowest BCUT2D eigenvalue weighted by atomic mass is 10.3. The van der Waals surface area contributed by atoms with Crippen molar-refractivity contribution in [2.45, 2.75) is 33.7 Å². The number of aryl methyl sites for hydroxylation is 3. The van der Waals surface area contributed by atoms with Gasteiger partial charge in [-0.1, -0.05) is 0 Å². The van der Waals surface area contributed by atoms with Crippen LogP contribution in [-0.4, -0.2) is 43.0 Å². The van der Waals surface area contributed by atoms with Crippen LogP contribution >= 0.6 is 24.0 Å². The van der Waals surface area contributed by atoms with Gasteiger partial charge in [-0.05, 0) is 45.4 Å². The quantitative estimate of drug-likeness (QED) is 0.258. The van der Waals surface area contributed by atoms with Crippen LogP contribution in [0.15, 0.2) is 29.3 Å². The second-order valence-electron chi connectivity index (χ2n) is 5.96. The van der Waals surface area contributed by atoms with E-state index in [0.717, 1.165) is 36.9 Å². The monoisotopic (exact) mass is 487 g/mol. The number of ether oxygens (including phenoxy) is 2. The molecular formula is C19H30IN5O2. The van der Waals surface area contributed by atoms with Crippen molar-refractivity contribution in [2.24, 2.45) is 4.99 Å². The van der Waals surface area contributed by atoms with Crippen molar-refractivity contribution in [3.05, 3.63) is 35.7 Å². The van der Waals surface area contributed by atoms with Gasteiger partial charge in [0, 0.05) is 37.1 Å². The van der Waals surface area contributed by atoms with Crippen molar-refractivity contribution in [1.29, 1.82) is 0 Å². The van der Waals surface area contributed by atoms with Crippen LogP contribution in [0.4, 0.5) is 5.69 Å².